The Kier molecular flexibility index (Phi) is 3.42. The van der Waals surface area contributed by atoms with Crippen LogP contribution in [0.3, 0.4) is 0 Å². The number of rotatable bonds is 3. The van der Waals surface area contributed by atoms with E-state index >= 15 is 0 Å². The van der Waals surface area contributed by atoms with Crippen LogP contribution in [0.5, 0.6) is 0 Å². The largest absolute Gasteiger partial charge is 0.324 e. The van der Waals surface area contributed by atoms with Crippen LogP contribution < -0.4 is 5.73 Å². The Balaban J connectivity index is 2.93. The predicted octanol–water partition coefficient (Wildman–Crippen LogP) is 3.10. The second-order valence-corrected chi connectivity index (χ2v) is 3.77. The smallest absolute Gasteiger partial charge is 0.123 e. The van der Waals surface area contributed by atoms with Gasteiger partial charge in [-0.1, -0.05) is 11.6 Å². The van der Waals surface area contributed by atoms with Crippen molar-refractivity contribution in [3.05, 3.63) is 47.3 Å². The van der Waals surface area contributed by atoms with Crippen LogP contribution in [0.15, 0.2) is 30.4 Å². The minimum Gasteiger partial charge on any atom is -0.324 e. The van der Waals surface area contributed by atoms with Crippen LogP contribution in [0.1, 0.15) is 30.5 Å². The fourth-order valence-electron chi connectivity index (χ4n) is 1.50. The van der Waals surface area contributed by atoms with Gasteiger partial charge in [-0.3, -0.25) is 0 Å². The topological polar surface area (TPSA) is 26.0 Å². The van der Waals surface area contributed by atoms with Gasteiger partial charge in [0, 0.05) is 6.04 Å². The molecule has 0 aliphatic carbocycles. The number of halogens is 1. The van der Waals surface area contributed by atoms with E-state index in [-0.39, 0.29) is 11.9 Å². The Morgan fingerprint density at radius 2 is 2.21 bits per heavy atom. The molecule has 1 rings (SSSR count). The van der Waals surface area contributed by atoms with E-state index in [0.29, 0.717) is 6.42 Å². The molecule has 0 aliphatic heterocycles. The highest BCUT2D eigenvalue weighted by molar-refractivity contribution is 5.30. The van der Waals surface area contributed by atoms with Crippen molar-refractivity contribution in [3.63, 3.8) is 0 Å². The molecule has 14 heavy (non-hydrogen) atoms. The van der Waals surface area contributed by atoms with Crippen molar-refractivity contribution in [1.29, 1.82) is 0 Å². The first-order valence-electron chi connectivity index (χ1n) is 4.66. The summed E-state index contributed by atoms with van der Waals surface area (Å²) < 4.78 is 13.0. The van der Waals surface area contributed by atoms with Crippen LogP contribution in [-0.2, 0) is 0 Å². The van der Waals surface area contributed by atoms with E-state index < -0.39 is 0 Å². The summed E-state index contributed by atoms with van der Waals surface area (Å²) in [7, 11) is 0. The zero-order valence-corrected chi connectivity index (χ0v) is 8.68. The maximum absolute atomic E-state index is 13.0. The Bertz CT molecular complexity index is 344. The first-order chi connectivity index (χ1) is 6.50. The molecule has 0 saturated carbocycles. The van der Waals surface area contributed by atoms with Crippen molar-refractivity contribution < 1.29 is 4.39 Å². The molecule has 1 atom stereocenters. The zero-order valence-electron chi connectivity index (χ0n) is 8.68. The molecule has 0 saturated heterocycles. The number of hydrogen-bond acceptors (Lipinski definition) is 1. The normalized spacial score (nSPS) is 12.6. The van der Waals surface area contributed by atoms with Gasteiger partial charge in [0.15, 0.2) is 0 Å². The number of benzene rings is 1. The summed E-state index contributed by atoms with van der Waals surface area (Å²) in [6.45, 7) is 7.66. The molecule has 0 aromatic heterocycles. The third kappa shape index (κ3) is 2.67. The van der Waals surface area contributed by atoms with Crippen LogP contribution in [0, 0.1) is 12.7 Å². The van der Waals surface area contributed by atoms with Crippen LogP contribution in [-0.4, -0.2) is 0 Å². The quantitative estimate of drug-likeness (QED) is 0.733. The fraction of sp³-hybridized carbons (Fsp3) is 0.333. The second-order valence-electron chi connectivity index (χ2n) is 3.77. The van der Waals surface area contributed by atoms with E-state index in [1.54, 1.807) is 6.07 Å². The molecule has 1 aromatic rings. The van der Waals surface area contributed by atoms with Gasteiger partial charge in [0.05, 0.1) is 0 Å². The summed E-state index contributed by atoms with van der Waals surface area (Å²) >= 11 is 0. The Morgan fingerprint density at radius 1 is 1.57 bits per heavy atom. The van der Waals surface area contributed by atoms with Crippen molar-refractivity contribution in [2.75, 3.05) is 0 Å². The van der Waals surface area contributed by atoms with Crippen LogP contribution in [0.2, 0.25) is 0 Å². The van der Waals surface area contributed by atoms with Gasteiger partial charge in [0.25, 0.3) is 0 Å². The van der Waals surface area contributed by atoms with E-state index in [9.17, 15) is 4.39 Å². The highest BCUT2D eigenvalue weighted by Gasteiger charge is 2.09. The van der Waals surface area contributed by atoms with Gasteiger partial charge in [-0.15, -0.1) is 6.58 Å². The molecule has 76 valence electrons. The molecule has 0 heterocycles. The summed E-state index contributed by atoms with van der Waals surface area (Å²) in [6.07, 6.45) is 0.699. The van der Waals surface area contributed by atoms with E-state index in [1.807, 2.05) is 13.8 Å². The van der Waals surface area contributed by atoms with Gasteiger partial charge in [0.1, 0.15) is 5.82 Å². The van der Waals surface area contributed by atoms with Gasteiger partial charge in [-0.25, -0.2) is 4.39 Å². The minimum absolute atomic E-state index is 0.150. The Labute approximate surface area is 84.4 Å². The average Bonchev–Trinajstić information content (AvgIpc) is 2.08. The summed E-state index contributed by atoms with van der Waals surface area (Å²) in [5.74, 6) is -0.234. The minimum atomic E-state index is -0.234. The molecular formula is C12H16FN. The van der Waals surface area contributed by atoms with Crippen LogP contribution in [0.4, 0.5) is 4.39 Å². The Hall–Kier alpha value is -1.15. The van der Waals surface area contributed by atoms with Gasteiger partial charge < -0.3 is 5.73 Å². The van der Waals surface area contributed by atoms with Gasteiger partial charge in [0.2, 0.25) is 0 Å². The molecular weight excluding hydrogens is 177 g/mol. The zero-order chi connectivity index (χ0) is 10.7. The summed E-state index contributed by atoms with van der Waals surface area (Å²) in [4.78, 5) is 0. The first-order valence-corrected chi connectivity index (χ1v) is 4.66. The lowest BCUT2D eigenvalue weighted by Crippen LogP contribution is -2.12. The SMILES string of the molecule is C=C(C)C[C@@H](N)c1cc(F)ccc1C. The van der Waals surface area contributed by atoms with Crippen molar-refractivity contribution >= 4 is 0 Å². The molecule has 0 aliphatic rings. The summed E-state index contributed by atoms with van der Waals surface area (Å²) in [5, 5.41) is 0. The second kappa shape index (κ2) is 4.38. The summed E-state index contributed by atoms with van der Waals surface area (Å²) in [5.41, 5.74) is 8.85. The van der Waals surface area contributed by atoms with E-state index in [1.165, 1.54) is 12.1 Å². The van der Waals surface area contributed by atoms with E-state index in [4.69, 9.17) is 5.73 Å². The predicted molar refractivity (Wildman–Crippen MR) is 57.5 cm³/mol. The van der Waals surface area contributed by atoms with Gasteiger partial charge in [-0.2, -0.15) is 0 Å². The van der Waals surface area contributed by atoms with Gasteiger partial charge >= 0.3 is 0 Å². The standard InChI is InChI=1S/C12H16FN/c1-8(2)6-12(14)11-7-10(13)5-4-9(11)3/h4-5,7,12H,1,6,14H2,2-3H3/t12-/m1/s1. The lowest BCUT2D eigenvalue weighted by Gasteiger charge is -2.14. The van der Waals surface area contributed by atoms with Crippen molar-refractivity contribution in [1.82, 2.24) is 0 Å². The highest BCUT2D eigenvalue weighted by Crippen LogP contribution is 2.21. The van der Waals surface area contributed by atoms with Crippen molar-refractivity contribution in [3.8, 4) is 0 Å². The molecule has 0 fully saturated rings. The average molecular weight is 193 g/mol. The Morgan fingerprint density at radius 3 is 2.79 bits per heavy atom. The third-order valence-electron chi connectivity index (χ3n) is 2.21. The molecule has 0 amide bonds. The molecule has 0 bridgehead atoms. The number of nitrogens with two attached hydrogens (primary N) is 1. The molecule has 0 unspecified atom stereocenters. The number of hydrogen-bond donors (Lipinski definition) is 1. The van der Waals surface area contributed by atoms with Gasteiger partial charge in [-0.05, 0) is 43.5 Å². The lowest BCUT2D eigenvalue weighted by molar-refractivity contribution is 0.617. The first kappa shape index (κ1) is 10.9. The van der Waals surface area contributed by atoms with E-state index in [0.717, 1.165) is 16.7 Å². The maximum atomic E-state index is 13.0. The fourth-order valence-corrected chi connectivity index (χ4v) is 1.50. The van der Waals surface area contributed by atoms with Crippen molar-refractivity contribution in [2.45, 2.75) is 26.3 Å². The molecule has 1 aromatic carbocycles. The number of aryl methyl sites for hydroxylation is 1. The summed E-state index contributed by atoms with van der Waals surface area (Å²) in [6, 6.07) is 4.56. The van der Waals surface area contributed by atoms with E-state index in [2.05, 4.69) is 6.58 Å². The monoisotopic (exact) mass is 193 g/mol. The maximum Gasteiger partial charge on any atom is 0.123 e. The van der Waals surface area contributed by atoms with Crippen molar-refractivity contribution in [2.24, 2.45) is 5.73 Å². The molecule has 2 N–H and O–H groups in total. The molecule has 1 nitrogen and oxygen atoms in total. The van der Waals surface area contributed by atoms with Crippen LogP contribution in [0.25, 0.3) is 0 Å². The molecule has 0 radical (unpaired) electrons. The molecule has 0 spiro atoms. The van der Waals surface area contributed by atoms with Crippen LogP contribution >= 0.6 is 0 Å². The molecule has 2 heteroatoms. The third-order valence-corrected chi connectivity index (χ3v) is 2.21. The lowest BCUT2D eigenvalue weighted by atomic mass is 9.97. The highest BCUT2D eigenvalue weighted by atomic mass is 19.1.